The summed E-state index contributed by atoms with van der Waals surface area (Å²) in [5, 5.41) is 0.620. The lowest BCUT2D eigenvalue weighted by Crippen LogP contribution is -2.37. The molecule has 0 saturated carbocycles. The van der Waals surface area contributed by atoms with Crippen molar-refractivity contribution in [3.8, 4) is 5.75 Å². The van der Waals surface area contributed by atoms with Crippen molar-refractivity contribution in [1.82, 2.24) is 4.90 Å². The number of hydrogen-bond donors (Lipinski definition) is 0. The average molecular weight is 368 g/mol. The molecule has 0 spiro atoms. The first kappa shape index (κ1) is 17.3. The number of carbonyl (C=O) groups excluding carboxylic acids is 1. The van der Waals surface area contributed by atoms with Gasteiger partial charge in [0.2, 0.25) is 0 Å². The van der Waals surface area contributed by atoms with Crippen LogP contribution in [0.25, 0.3) is 0 Å². The van der Waals surface area contributed by atoms with E-state index in [1.807, 2.05) is 36.1 Å². The summed E-state index contributed by atoms with van der Waals surface area (Å²) in [4.78, 5) is 18.5. The Balaban J connectivity index is 1.75. The van der Waals surface area contributed by atoms with Crippen LogP contribution in [0.15, 0.2) is 29.3 Å². The van der Waals surface area contributed by atoms with Crippen LogP contribution in [0.1, 0.15) is 12.5 Å². The third kappa shape index (κ3) is 3.44. The van der Waals surface area contributed by atoms with Gasteiger partial charge in [-0.25, -0.2) is 8.42 Å². The highest BCUT2D eigenvalue weighted by Crippen LogP contribution is 2.37. The largest absolute Gasteiger partial charge is 0.496 e. The summed E-state index contributed by atoms with van der Waals surface area (Å²) in [6.07, 6.45) is 0.166. The topological polar surface area (TPSA) is 76.0 Å². The van der Waals surface area contributed by atoms with Gasteiger partial charge in [-0.3, -0.25) is 4.79 Å². The van der Waals surface area contributed by atoms with Crippen LogP contribution in [-0.2, 0) is 21.1 Å². The summed E-state index contributed by atoms with van der Waals surface area (Å²) in [7, 11) is -1.41. The number of fused-ring (bicyclic) bond motifs is 1. The van der Waals surface area contributed by atoms with Gasteiger partial charge in [-0.05, 0) is 13.0 Å². The molecule has 2 aliphatic rings. The molecule has 2 aliphatic heterocycles. The molecule has 6 nitrogen and oxygen atoms in total. The lowest BCUT2D eigenvalue weighted by atomic mass is 10.1. The fourth-order valence-electron chi connectivity index (χ4n) is 3.16. The van der Waals surface area contributed by atoms with Crippen molar-refractivity contribution in [2.24, 2.45) is 4.99 Å². The van der Waals surface area contributed by atoms with Crippen LogP contribution in [-0.4, -0.2) is 60.8 Å². The lowest BCUT2D eigenvalue weighted by molar-refractivity contribution is -0.117. The van der Waals surface area contributed by atoms with E-state index in [1.165, 1.54) is 11.8 Å². The van der Waals surface area contributed by atoms with Gasteiger partial charge in [0.15, 0.2) is 15.0 Å². The normalized spacial score (nSPS) is 26.6. The van der Waals surface area contributed by atoms with Gasteiger partial charge in [0.05, 0.1) is 31.1 Å². The number of methoxy groups -OCH3 is 1. The van der Waals surface area contributed by atoms with E-state index >= 15 is 0 Å². The van der Waals surface area contributed by atoms with E-state index in [0.29, 0.717) is 17.5 Å². The van der Waals surface area contributed by atoms with Gasteiger partial charge in [0, 0.05) is 17.4 Å². The summed E-state index contributed by atoms with van der Waals surface area (Å²) < 4.78 is 28.8. The smallest absolute Gasteiger partial charge is 0.252 e. The maximum absolute atomic E-state index is 12.3. The molecule has 0 unspecified atom stereocenters. The fourth-order valence-corrected chi connectivity index (χ4v) is 7.20. The SMILES string of the molecule is CCN1C(=NC(=O)Cc2ccccc2OC)S[C@@H]2CS(=O)(=O)C[C@@H]21. The number of amides is 1. The van der Waals surface area contributed by atoms with Gasteiger partial charge in [-0.1, -0.05) is 30.0 Å². The number of benzene rings is 1. The molecule has 0 N–H and O–H groups in total. The third-order valence-electron chi connectivity index (χ3n) is 4.27. The van der Waals surface area contributed by atoms with E-state index < -0.39 is 9.84 Å². The van der Waals surface area contributed by atoms with Crippen LogP contribution in [0.2, 0.25) is 0 Å². The second-order valence-corrected chi connectivity index (χ2v) is 9.22. The number of amidine groups is 1. The predicted molar refractivity (Wildman–Crippen MR) is 95.3 cm³/mol. The zero-order valence-corrected chi connectivity index (χ0v) is 15.3. The standard InChI is InChI=1S/C16H20N2O4S2/c1-3-18-12-9-24(20,21)10-14(12)23-16(18)17-15(19)8-11-6-4-5-7-13(11)22-2/h4-7,12,14H,3,8-10H2,1-2H3/t12-,14+/m0/s1. The molecule has 0 bridgehead atoms. The number of sulfone groups is 1. The number of thioether (sulfide) groups is 1. The minimum Gasteiger partial charge on any atom is -0.496 e. The van der Waals surface area contributed by atoms with Crippen molar-refractivity contribution < 1.29 is 17.9 Å². The second-order valence-electron chi connectivity index (χ2n) is 5.86. The Hall–Kier alpha value is -1.54. The Morgan fingerprint density at radius 3 is 2.83 bits per heavy atom. The number of carbonyl (C=O) groups is 1. The van der Waals surface area contributed by atoms with E-state index in [9.17, 15) is 13.2 Å². The average Bonchev–Trinajstić information content (AvgIpc) is 2.98. The Morgan fingerprint density at radius 2 is 2.12 bits per heavy atom. The van der Waals surface area contributed by atoms with Crippen molar-refractivity contribution >= 4 is 32.7 Å². The summed E-state index contributed by atoms with van der Waals surface area (Å²) in [6.45, 7) is 2.60. The summed E-state index contributed by atoms with van der Waals surface area (Å²) in [5.41, 5.74) is 0.795. The molecular weight excluding hydrogens is 348 g/mol. The summed E-state index contributed by atoms with van der Waals surface area (Å²) in [6, 6.07) is 7.30. The minimum absolute atomic E-state index is 0.0206. The first-order valence-corrected chi connectivity index (χ1v) is 10.5. The van der Waals surface area contributed by atoms with Crippen molar-refractivity contribution in [2.75, 3.05) is 25.2 Å². The van der Waals surface area contributed by atoms with Crippen LogP contribution >= 0.6 is 11.8 Å². The monoisotopic (exact) mass is 368 g/mol. The highest BCUT2D eigenvalue weighted by Gasteiger charge is 2.48. The van der Waals surface area contributed by atoms with Crippen LogP contribution in [0, 0.1) is 0 Å². The molecule has 130 valence electrons. The fraction of sp³-hybridized carbons (Fsp3) is 0.500. The number of para-hydroxylation sites is 1. The number of hydrogen-bond acceptors (Lipinski definition) is 5. The molecule has 3 rings (SSSR count). The minimum atomic E-state index is -2.98. The molecule has 0 aliphatic carbocycles. The number of nitrogens with zero attached hydrogens (tertiary/aromatic N) is 2. The summed E-state index contributed by atoms with van der Waals surface area (Å²) in [5.74, 6) is 0.736. The van der Waals surface area contributed by atoms with Gasteiger partial charge in [0.25, 0.3) is 5.91 Å². The highest BCUT2D eigenvalue weighted by molar-refractivity contribution is 8.15. The van der Waals surface area contributed by atoms with E-state index in [0.717, 1.165) is 5.56 Å². The van der Waals surface area contributed by atoms with Gasteiger partial charge in [-0.2, -0.15) is 4.99 Å². The van der Waals surface area contributed by atoms with Gasteiger partial charge >= 0.3 is 0 Å². The Kier molecular flexibility index (Phi) is 4.87. The molecule has 24 heavy (non-hydrogen) atoms. The Bertz CT molecular complexity index is 776. The molecule has 8 heteroatoms. The van der Waals surface area contributed by atoms with E-state index in [2.05, 4.69) is 4.99 Å². The van der Waals surface area contributed by atoms with Gasteiger partial charge in [0.1, 0.15) is 5.75 Å². The lowest BCUT2D eigenvalue weighted by Gasteiger charge is -2.22. The van der Waals surface area contributed by atoms with Crippen LogP contribution < -0.4 is 4.74 Å². The molecule has 2 atom stereocenters. The van der Waals surface area contributed by atoms with Gasteiger partial charge in [-0.15, -0.1) is 0 Å². The number of aliphatic imine (C=N–C) groups is 1. The molecule has 1 aromatic carbocycles. The maximum atomic E-state index is 12.3. The van der Waals surface area contributed by atoms with Crippen molar-refractivity contribution in [3.05, 3.63) is 29.8 Å². The van der Waals surface area contributed by atoms with E-state index in [-0.39, 0.29) is 35.1 Å². The number of rotatable bonds is 4. The van der Waals surface area contributed by atoms with E-state index in [4.69, 9.17) is 4.74 Å². The third-order valence-corrected chi connectivity index (χ3v) is 7.52. The van der Waals surface area contributed by atoms with Crippen LogP contribution in [0.3, 0.4) is 0 Å². The molecule has 1 amide bonds. The maximum Gasteiger partial charge on any atom is 0.252 e. The van der Waals surface area contributed by atoms with Crippen molar-refractivity contribution in [2.45, 2.75) is 24.6 Å². The number of ether oxygens (including phenoxy) is 1. The highest BCUT2D eigenvalue weighted by atomic mass is 32.2. The zero-order valence-electron chi connectivity index (χ0n) is 13.6. The Morgan fingerprint density at radius 1 is 1.38 bits per heavy atom. The first-order valence-electron chi connectivity index (χ1n) is 7.80. The predicted octanol–water partition coefficient (Wildman–Crippen LogP) is 1.35. The molecule has 2 heterocycles. The molecular formula is C16H20N2O4S2. The van der Waals surface area contributed by atoms with Crippen molar-refractivity contribution in [1.29, 1.82) is 0 Å². The molecule has 1 aromatic rings. The Labute approximate surface area is 146 Å². The zero-order chi connectivity index (χ0) is 17.3. The quantitative estimate of drug-likeness (QED) is 0.799. The molecule has 0 radical (unpaired) electrons. The first-order chi connectivity index (χ1) is 11.4. The summed E-state index contributed by atoms with van der Waals surface area (Å²) >= 11 is 1.41. The van der Waals surface area contributed by atoms with Crippen LogP contribution in [0.4, 0.5) is 0 Å². The van der Waals surface area contributed by atoms with E-state index in [1.54, 1.807) is 7.11 Å². The van der Waals surface area contributed by atoms with Crippen LogP contribution in [0.5, 0.6) is 5.75 Å². The van der Waals surface area contributed by atoms with Crippen molar-refractivity contribution in [3.63, 3.8) is 0 Å². The van der Waals surface area contributed by atoms with Gasteiger partial charge < -0.3 is 9.64 Å². The second kappa shape index (κ2) is 6.76. The molecule has 0 aromatic heterocycles. The molecule has 2 saturated heterocycles. The molecule has 2 fully saturated rings.